The van der Waals surface area contributed by atoms with Crippen molar-refractivity contribution in [2.45, 2.75) is 47.9 Å². The van der Waals surface area contributed by atoms with Crippen LogP contribution in [-0.4, -0.2) is 55.4 Å². The number of nitrogens with zero attached hydrogens (tertiary/aromatic N) is 3. The molecule has 2 fully saturated rings. The van der Waals surface area contributed by atoms with Gasteiger partial charge in [0.15, 0.2) is 0 Å². The maximum absolute atomic E-state index is 12.8. The van der Waals surface area contributed by atoms with Gasteiger partial charge < -0.3 is 20.4 Å². The number of fused-ring (bicyclic) bond motifs is 1. The number of alkyl halides is 3. The topological polar surface area (TPSA) is 98.6 Å². The number of aliphatic hydroxyl groups excluding tert-OH is 1. The summed E-state index contributed by atoms with van der Waals surface area (Å²) in [5.74, 6) is 1.29. The van der Waals surface area contributed by atoms with Crippen molar-refractivity contribution in [3.05, 3.63) is 41.1 Å². The van der Waals surface area contributed by atoms with Crippen molar-refractivity contribution in [1.82, 2.24) is 9.97 Å². The third-order valence-electron chi connectivity index (χ3n) is 6.61. The number of aromatic nitrogens is 2. The minimum absolute atomic E-state index is 0.0505. The van der Waals surface area contributed by atoms with E-state index in [1.54, 1.807) is 4.90 Å². The molecule has 3 heterocycles. The monoisotopic (exact) mass is 468 g/mol. The molecule has 32 heavy (non-hydrogen) atoms. The predicted molar refractivity (Wildman–Crippen MR) is 112 cm³/mol. The van der Waals surface area contributed by atoms with E-state index in [0.29, 0.717) is 40.1 Å². The van der Waals surface area contributed by atoms with Crippen LogP contribution in [-0.2, 0) is 29.0 Å². The SMILES string of the molecule is O=[S@]1CCc2nc(N3CC(O)(c4ccc(C(F)(F)F)cc4)C3)nc(NC3(CO)CCC3)c21. The fourth-order valence-corrected chi connectivity index (χ4v) is 5.77. The molecule has 11 heteroatoms. The van der Waals surface area contributed by atoms with Crippen LogP contribution in [0.2, 0.25) is 0 Å². The molecule has 0 radical (unpaired) electrons. The van der Waals surface area contributed by atoms with Gasteiger partial charge in [-0.3, -0.25) is 4.21 Å². The molecule has 3 aliphatic rings. The van der Waals surface area contributed by atoms with Gasteiger partial charge in [-0.25, -0.2) is 4.98 Å². The van der Waals surface area contributed by atoms with Crippen molar-refractivity contribution >= 4 is 22.6 Å². The Morgan fingerprint density at radius 1 is 1.16 bits per heavy atom. The lowest BCUT2D eigenvalue weighted by atomic mass is 9.77. The van der Waals surface area contributed by atoms with Gasteiger partial charge in [-0.05, 0) is 37.0 Å². The van der Waals surface area contributed by atoms with Gasteiger partial charge in [0, 0.05) is 12.2 Å². The van der Waals surface area contributed by atoms with Crippen molar-refractivity contribution in [1.29, 1.82) is 0 Å². The highest BCUT2D eigenvalue weighted by Gasteiger charge is 2.45. The maximum atomic E-state index is 12.8. The summed E-state index contributed by atoms with van der Waals surface area (Å²) in [5.41, 5.74) is -1.45. The second kappa shape index (κ2) is 7.39. The fraction of sp³-hybridized carbons (Fsp3) is 0.524. The first-order chi connectivity index (χ1) is 15.1. The van der Waals surface area contributed by atoms with Crippen molar-refractivity contribution in [3.8, 4) is 0 Å². The Bertz CT molecular complexity index is 1060. The first-order valence-corrected chi connectivity index (χ1v) is 11.8. The number of aryl methyl sites for hydroxylation is 1. The normalized spacial score (nSPS) is 23.3. The van der Waals surface area contributed by atoms with E-state index in [1.165, 1.54) is 12.1 Å². The largest absolute Gasteiger partial charge is 0.416 e. The van der Waals surface area contributed by atoms with E-state index in [-0.39, 0.29) is 19.7 Å². The van der Waals surface area contributed by atoms with Crippen LogP contribution in [0.1, 0.15) is 36.1 Å². The summed E-state index contributed by atoms with van der Waals surface area (Å²) in [6, 6.07) is 4.52. The minimum Gasteiger partial charge on any atom is -0.394 e. The number of anilines is 2. The van der Waals surface area contributed by atoms with Crippen LogP contribution in [0, 0.1) is 0 Å². The zero-order valence-corrected chi connectivity index (χ0v) is 18.0. The zero-order chi connectivity index (χ0) is 22.7. The van der Waals surface area contributed by atoms with E-state index in [1.807, 2.05) is 0 Å². The molecule has 3 N–H and O–H groups in total. The standard InChI is InChI=1S/C21H23F3N4O3S/c22-21(23,24)14-4-2-13(3-5-14)20(30)10-28(11-20)18-25-15-6-9-32(31)16(15)17(26-18)27-19(12-29)7-1-8-19/h2-5,29-30H,1,6-12H2,(H,25,26,27)/t32-/m0/s1. The smallest absolute Gasteiger partial charge is 0.394 e. The summed E-state index contributed by atoms with van der Waals surface area (Å²) in [4.78, 5) is 11.5. The van der Waals surface area contributed by atoms with E-state index < -0.39 is 33.7 Å². The van der Waals surface area contributed by atoms with E-state index in [9.17, 15) is 27.6 Å². The minimum atomic E-state index is -4.43. The maximum Gasteiger partial charge on any atom is 0.416 e. The molecule has 1 aliphatic carbocycles. The number of hydrogen-bond acceptors (Lipinski definition) is 7. The summed E-state index contributed by atoms with van der Waals surface area (Å²) in [6.45, 7) is 0.209. The molecule has 1 aromatic carbocycles. The Kier molecular flexibility index (Phi) is 4.99. The predicted octanol–water partition coefficient (Wildman–Crippen LogP) is 2.19. The molecule has 172 valence electrons. The zero-order valence-electron chi connectivity index (χ0n) is 17.2. The van der Waals surface area contributed by atoms with Crippen molar-refractivity contribution in [3.63, 3.8) is 0 Å². The van der Waals surface area contributed by atoms with Gasteiger partial charge >= 0.3 is 6.18 Å². The number of halogens is 3. The second-order valence-corrected chi connectivity index (χ2v) is 10.3. The Hall–Kier alpha value is -2.24. The van der Waals surface area contributed by atoms with Crippen LogP contribution in [0.3, 0.4) is 0 Å². The summed E-state index contributed by atoms with van der Waals surface area (Å²) in [5, 5.41) is 24.0. The van der Waals surface area contributed by atoms with Crippen LogP contribution >= 0.6 is 0 Å². The summed E-state index contributed by atoms with van der Waals surface area (Å²) in [7, 11) is -1.21. The van der Waals surface area contributed by atoms with E-state index >= 15 is 0 Å². The van der Waals surface area contributed by atoms with Crippen molar-refractivity contribution in [2.24, 2.45) is 0 Å². The third-order valence-corrected chi connectivity index (χ3v) is 8.07. The van der Waals surface area contributed by atoms with E-state index in [2.05, 4.69) is 15.3 Å². The lowest BCUT2D eigenvalue weighted by Crippen LogP contribution is -2.60. The molecular weight excluding hydrogens is 445 g/mol. The molecule has 1 aromatic heterocycles. The number of aliphatic hydroxyl groups is 2. The molecule has 1 saturated carbocycles. The molecule has 0 spiro atoms. The first-order valence-electron chi connectivity index (χ1n) is 10.5. The van der Waals surface area contributed by atoms with Crippen LogP contribution < -0.4 is 10.2 Å². The number of benzene rings is 1. The van der Waals surface area contributed by atoms with E-state index in [4.69, 9.17) is 0 Å². The van der Waals surface area contributed by atoms with Gasteiger partial charge in [-0.1, -0.05) is 12.1 Å². The van der Waals surface area contributed by atoms with E-state index in [0.717, 1.165) is 31.4 Å². The summed E-state index contributed by atoms with van der Waals surface area (Å²) >= 11 is 0. The molecule has 2 aliphatic heterocycles. The Morgan fingerprint density at radius 2 is 1.84 bits per heavy atom. The number of hydrogen-bond donors (Lipinski definition) is 3. The van der Waals surface area contributed by atoms with Crippen LogP contribution in [0.4, 0.5) is 24.9 Å². The van der Waals surface area contributed by atoms with Crippen LogP contribution in [0.5, 0.6) is 0 Å². The molecule has 7 nitrogen and oxygen atoms in total. The lowest BCUT2D eigenvalue weighted by Gasteiger charge is -2.47. The van der Waals surface area contributed by atoms with Crippen LogP contribution in [0.25, 0.3) is 0 Å². The van der Waals surface area contributed by atoms with Gasteiger partial charge in [0.05, 0.1) is 47.3 Å². The average Bonchev–Trinajstić information content (AvgIpc) is 3.08. The van der Waals surface area contributed by atoms with Crippen molar-refractivity contribution < 1.29 is 27.6 Å². The number of nitrogens with one attached hydrogen (secondary N) is 1. The summed E-state index contributed by atoms with van der Waals surface area (Å²) < 4.78 is 50.9. The van der Waals surface area contributed by atoms with Gasteiger partial charge in [0.25, 0.3) is 0 Å². The van der Waals surface area contributed by atoms with Gasteiger partial charge in [0.1, 0.15) is 16.3 Å². The van der Waals surface area contributed by atoms with Gasteiger partial charge in [0.2, 0.25) is 5.95 Å². The van der Waals surface area contributed by atoms with Gasteiger partial charge in [-0.15, -0.1) is 0 Å². The lowest BCUT2D eigenvalue weighted by molar-refractivity contribution is -0.137. The van der Waals surface area contributed by atoms with Crippen molar-refractivity contribution in [2.75, 3.05) is 35.7 Å². The highest BCUT2D eigenvalue weighted by molar-refractivity contribution is 7.85. The highest BCUT2D eigenvalue weighted by Crippen LogP contribution is 2.40. The highest BCUT2D eigenvalue weighted by atomic mass is 32.2. The molecule has 1 saturated heterocycles. The number of β-amino-alcohol motifs (C(OH)–C–C–N with tert-alkyl or cyclic N) is 1. The Labute approximate surface area is 185 Å². The number of rotatable bonds is 5. The second-order valence-electron chi connectivity index (χ2n) is 8.83. The van der Waals surface area contributed by atoms with Crippen LogP contribution in [0.15, 0.2) is 29.2 Å². The Morgan fingerprint density at radius 3 is 2.41 bits per heavy atom. The quantitative estimate of drug-likeness (QED) is 0.619. The van der Waals surface area contributed by atoms with Gasteiger partial charge in [-0.2, -0.15) is 18.2 Å². The molecule has 5 rings (SSSR count). The molecule has 0 bridgehead atoms. The molecular formula is C21H23F3N4O3S. The third kappa shape index (κ3) is 3.56. The first kappa shape index (κ1) is 21.6. The Balaban J connectivity index is 1.38. The summed E-state index contributed by atoms with van der Waals surface area (Å²) in [6.07, 6.45) is -1.30. The molecule has 0 unspecified atom stereocenters. The average molecular weight is 469 g/mol. The molecule has 2 aromatic rings. The fourth-order valence-electron chi connectivity index (χ4n) is 4.47. The molecule has 0 amide bonds. The molecule has 1 atom stereocenters.